The van der Waals surface area contributed by atoms with Gasteiger partial charge in [-0.2, -0.15) is 8.42 Å². The lowest BCUT2D eigenvalue weighted by Crippen LogP contribution is -2.29. The van der Waals surface area contributed by atoms with Gasteiger partial charge in [-0.25, -0.2) is 0 Å². The third kappa shape index (κ3) is 5.44. The van der Waals surface area contributed by atoms with Gasteiger partial charge in [-0.1, -0.05) is 24.3 Å². The van der Waals surface area contributed by atoms with E-state index in [1.54, 1.807) is 65.8 Å². The largest absolute Gasteiger partial charge is 0.497 e. The van der Waals surface area contributed by atoms with E-state index in [0.29, 0.717) is 22.0 Å². The van der Waals surface area contributed by atoms with Crippen molar-refractivity contribution in [2.75, 3.05) is 7.11 Å². The van der Waals surface area contributed by atoms with Crippen molar-refractivity contribution in [2.45, 2.75) is 18.0 Å². The minimum Gasteiger partial charge on any atom is -0.497 e. The van der Waals surface area contributed by atoms with Crippen molar-refractivity contribution < 1.29 is 26.5 Å². The number of furan rings is 1. The van der Waals surface area contributed by atoms with Gasteiger partial charge in [0.05, 0.1) is 31.3 Å². The smallest absolute Gasteiger partial charge is 0.339 e. The molecular formula is C24H21NO6S2. The number of nitrogens with zero attached hydrogens (tertiary/aromatic N) is 1. The fourth-order valence-corrected chi connectivity index (χ4v) is 4.83. The average molecular weight is 484 g/mol. The Bertz CT molecular complexity index is 1300. The van der Waals surface area contributed by atoms with E-state index in [2.05, 4.69) is 0 Å². The molecule has 0 saturated carbocycles. The van der Waals surface area contributed by atoms with E-state index in [-0.39, 0.29) is 29.6 Å². The van der Waals surface area contributed by atoms with Crippen molar-refractivity contribution in [1.29, 1.82) is 0 Å². The molecule has 2 aromatic carbocycles. The van der Waals surface area contributed by atoms with Crippen LogP contribution in [0.15, 0.2) is 93.8 Å². The maximum Gasteiger partial charge on any atom is 0.339 e. The number of ether oxygens (including phenoxy) is 1. The van der Waals surface area contributed by atoms with Crippen LogP contribution in [-0.4, -0.2) is 26.3 Å². The van der Waals surface area contributed by atoms with E-state index in [0.717, 1.165) is 0 Å². The Morgan fingerprint density at radius 3 is 2.42 bits per heavy atom. The summed E-state index contributed by atoms with van der Waals surface area (Å²) in [6, 6.07) is 19.8. The molecule has 0 fully saturated rings. The third-order valence-electron chi connectivity index (χ3n) is 4.83. The van der Waals surface area contributed by atoms with E-state index in [1.807, 2.05) is 11.4 Å². The van der Waals surface area contributed by atoms with Gasteiger partial charge in [0.1, 0.15) is 22.2 Å². The first-order chi connectivity index (χ1) is 16.0. The van der Waals surface area contributed by atoms with E-state index in [4.69, 9.17) is 13.3 Å². The van der Waals surface area contributed by atoms with E-state index in [9.17, 15) is 13.2 Å². The number of carbonyl (C=O) groups is 1. The third-order valence-corrected chi connectivity index (χ3v) is 6.93. The van der Waals surface area contributed by atoms with Crippen LogP contribution in [-0.2, 0) is 23.2 Å². The predicted molar refractivity (Wildman–Crippen MR) is 124 cm³/mol. The Hall–Kier alpha value is -3.56. The molecule has 170 valence electrons. The lowest BCUT2D eigenvalue weighted by molar-refractivity contribution is 0.0722. The minimum atomic E-state index is -4.09. The number of thiophene rings is 1. The van der Waals surface area contributed by atoms with Crippen molar-refractivity contribution >= 4 is 27.4 Å². The first kappa shape index (κ1) is 22.6. The van der Waals surface area contributed by atoms with Crippen LogP contribution in [0.4, 0.5) is 0 Å². The summed E-state index contributed by atoms with van der Waals surface area (Å²) in [4.78, 5) is 15.3. The number of carbonyl (C=O) groups excluding carboxylic acids is 1. The zero-order valence-electron chi connectivity index (χ0n) is 17.7. The summed E-state index contributed by atoms with van der Waals surface area (Å²) >= 11 is 1.34. The van der Waals surface area contributed by atoms with Gasteiger partial charge in [0.25, 0.3) is 5.91 Å². The van der Waals surface area contributed by atoms with Crippen LogP contribution in [0.5, 0.6) is 11.5 Å². The van der Waals surface area contributed by atoms with Crippen molar-refractivity contribution in [2.24, 2.45) is 0 Å². The highest BCUT2D eigenvalue weighted by molar-refractivity contribution is 7.87. The zero-order valence-corrected chi connectivity index (χ0v) is 19.3. The molecule has 7 nitrogen and oxygen atoms in total. The van der Waals surface area contributed by atoms with Crippen LogP contribution in [0.25, 0.3) is 0 Å². The van der Waals surface area contributed by atoms with Gasteiger partial charge in [-0.3, -0.25) is 4.79 Å². The fraction of sp³-hybridized carbons (Fsp3) is 0.125. The molecule has 0 radical (unpaired) electrons. The van der Waals surface area contributed by atoms with Gasteiger partial charge >= 0.3 is 10.1 Å². The Labute approximate surface area is 195 Å². The van der Waals surface area contributed by atoms with Crippen LogP contribution in [0.3, 0.4) is 0 Å². The van der Waals surface area contributed by atoms with Gasteiger partial charge in [0.2, 0.25) is 0 Å². The molecule has 2 aromatic heterocycles. The number of hydrogen-bond acceptors (Lipinski definition) is 7. The molecule has 0 aliphatic carbocycles. The molecule has 0 N–H and O–H groups in total. The molecule has 4 aromatic rings. The quantitative estimate of drug-likeness (QED) is 0.313. The zero-order chi connectivity index (χ0) is 23.3. The van der Waals surface area contributed by atoms with E-state index < -0.39 is 10.1 Å². The molecule has 4 rings (SSSR count). The van der Waals surface area contributed by atoms with Gasteiger partial charge in [-0.15, -0.1) is 11.3 Å². The van der Waals surface area contributed by atoms with Crippen LogP contribution >= 0.6 is 11.3 Å². The molecule has 1 amide bonds. The van der Waals surface area contributed by atoms with Gasteiger partial charge < -0.3 is 18.2 Å². The second-order valence-electron chi connectivity index (χ2n) is 7.04. The molecule has 0 saturated heterocycles. The molecule has 0 bridgehead atoms. The summed E-state index contributed by atoms with van der Waals surface area (Å²) < 4.78 is 41.7. The normalized spacial score (nSPS) is 11.2. The number of amides is 1. The van der Waals surface area contributed by atoms with Crippen molar-refractivity contribution in [3.63, 3.8) is 0 Å². The Kier molecular flexibility index (Phi) is 6.81. The number of rotatable bonds is 9. The molecule has 0 atom stereocenters. The van der Waals surface area contributed by atoms with Crippen molar-refractivity contribution in [3.05, 3.63) is 101 Å². The lowest BCUT2D eigenvalue weighted by atomic mass is 10.2. The fourth-order valence-electron chi connectivity index (χ4n) is 3.18. The maximum atomic E-state index is 13.1. The topological polar surface area (TPSA) is 86.1 Å². The minimum absolute atomic E-state index is 0.000191. The van der Waals surface area contributed by atoms with Crippen LogP contribution in [0.2, 0.25) is 0 Å². The summed E-state index contributed by atoms with van der Waals surface area (Å²) in [6.45, 7) is 0.356. The highest BCUT2D eigenvalue weighted by Crippen LogP contribution is 2.27. The second-order valence-corrected chi connectivity index (χ2v) is 9.53. The van der Waals surface area contributed by atoms with Crippen LogP contribution < -0.4 is 8.92 Å². The number of para-hydroxylation sites is 1. The van der Waals surface area contributed by atoms with E-state index >= 15 is 0 Å². The first-order valence-electron chi connectivity index (χ1n) is 9.98. The molecule has 9 heteroatoms. The lowest BCUT2D eigenvalue weighted by Gasteiger charge is -2.22. The molecule has 2 heterocycles. The van der Waals surface area contributed by atoms with Gasteiger partial charge in [-0.05, 0) is 53.9 Å². The summed E-state index contributed by atoms with van der Waals surface area (Å²) in [5.74, 6) is 1.12. The molecular weight excluding hydrogens is 462 g/mol. The van der Waals surface area contributed by atoms with Crippen LogP contribution in [0, 0.1) is 0 Å². The van der Waals surface area contributed by atoms with Crippen molar-refractivity contribution in [1.82, 2.24) is 4.90 Å². The van der Waals surface area contributed by atoms with Crippen LogP contribution in [0.1, 0.15) is 21.0 Å². The molecule has 0 aliphatic heterocycles. The molecule has 0 unspecified atom stereocenters. The summed E-state index contributed by atoms with van der Waals surface area (Å²) in [5.41, 5.74) is 0.547. The summed E-state index contributed by atoms with van der Waals surface area (Å²) in [7, 11) is -2.58. The van der Waals surface area contributed by atoms with E-state index in [1.165, 1.54) is 30.6 Å². The monoisotopic (exact) mass is 483 g/mol. The van der Waals surface area contributed by atoms with Gasteiger partial charge in [0, 0.05) is 5.56 Å². The Balaban J connectivity index is 1.61. The number of hydrogen-bond donors (Lipinski definition) is 0. The SMILES string of the molecule is COc1ccc(S(=O)(=O)Oc2ccccc2CN(Cc2ccco2)C(=O)c2cccs2)cc1. The van der Waals surface area contributed by atoms with Crippen molar-refractivity contribution in [3.8, 4) is 11.5 Å². The molecule has 33 heavy (non-hydrogen) atoms. The standard InChI is InChI=1S/C24H21NO6S2/c1-29-19-10-12-21(13-11-19)33(27,28)31-22-8-3-2-6-18(22)16-25(17-20-7-4-14-30-20)24(26)23-9-5-15-32-23/h2-15H,16-17H2,1H3. The average Bonchev–Trinajstić information content (AvgIpc) is 3.54. The number of benzene rings is 2. The first-order valence-corrected chi connectivity index (χ1v) is 12.3. The highest BCUT2D eigenvalue weighted by Gasteiger charge is 2.23. The maximum absolute atomic E-state index is 13.1. The predicted octanol–water partition coefficient (Wildman–Crippen LogP) is 4.96. The molecule has 0 spiro atoms. The molecule has 0 aliphatic rings. The van der Waals surface area contributed by atoms with Gasteiger partial charge in [0.15, 0.2) is 0 Å². The summed E-state index contributed by atoms with van der Waals surface area (Å²) in [5, 5.41) is 1.83. The summed E-state index contributed by atoms with van der Waals surface area (Å²) in [6.07, 6.45) is 1.54. The Morgan fingerprint density at radius 2 is 1.76 bits per heavy atom. The highest BCUT2D eigenvalue weighted by atomic mass is 32.2. The Morgan fingerprint density at radius 1 is 0.970 bits per heavy atom. The second kappa shape index (κ2) is 9.93. The number of methoxy groups -OCH3 is 1.